The number of aliphatic hydroxyl groups is 2. The maximum atomic E-state index is 9.43. The van der Waals surface area contributed by atoms with Crippen LogP contribution in [-0.2, 0) is 19.5 Å². The predicted molar refractivity (Wildman–Crippen MR) is 66.4 cm³/mol. The fourth-order valence-corrected chi connectivity index (χ4v) is 2.30. The van der Waals surface area contributed by atoms with E-state index in [1.54, 1.807) is 0 Å². The Morgan fingerprint density at radius 1 is 1.35 bits per heavy atom. The van der Waals surface area contributed by atoms with Gasteiger partial charge in [-0.25, -0.2) is 0 Å². The first-order valence-electron chi connectivity index (χ1n) is 6.05. The minimum Gasteiger partial charge on any atom is -0.394 e. The molecular weight excluding hydrogens is 216 g/mol. The number of aliphatic hydroxyl groups excluding tert-OH is 2. The highest BCUT2D eigenvalue weighted by Gasteiger charge is 2.18. The molecule has 1 aromatic carbocycles. The second-order valence-electron chi connectivity index (χ2n) is 4.63. The van der Waals surface area contributed by atoms with Gasteiger partial charge < -0.3 is 15.9 Å². The summed E-state index contributed by atoms with van der Waals surface area (Å²) < 4.78 is 0. The summed E-state index contributed by atoms with van der Waals surface area (Å²) in [6.45, 7) is 2.72. The predicted octanol–water partition coefficient (Wildman–Crippen LogP) is -0.143. The molecule has 1 unspecified atom stereocenters. The smallest absolute Gasteiger partial charge is 0.0897 e. The molecule has 0 fully saturated rings. The average molecular weight is 236 g/mol. The van der Waals surface area contributed by atoms with Crippen LogP contribution in [0, 0.1) is 0 Å². The van der Waals surface area contributed by atoms with E-state index < -0.39 is 6.10 Å². The van der Waals surface area contributed by atoms with Gasteiger partial charge in [0.2, 0.25) is 0 Å². The van der Waals surface area contributed by atoms with Gasteiger partial charge in [-0.1, -0.05) is 18.2 Å². The van der Waals surface area contributed by atoms with Crippen molar-refractivity contribution in [2.45, 2.75) is 25.6 Å². The topological polar surface area (TPSA) is 69.7 Å². The fraction of sp³-hybridized carbons (Fsp3) is 0.538. The molecule has 94 valence electrons. The molecule has 1 aliphatic rings. The molecule has 0 bridgehead atoms. The van der Waals surface area contributed by atoms with E-state index in [0.717, 1.165) is 19.5 Å². The molecule has 0 amide bonds. The van der Waals surface area contributed by atoms with Gasteiger partial charge in [-0.2, -0.15) is 0 Å². The largest absolute Gasteiger partial charge is 0.394 e. The van der Waals surface area contributed by atoms with Gasteiger partial charge in [0, 0.05) is 26.2 Å². The summed E-state index contributed by atoms with van der Waals surface area (Å²) in [5.41, 5.74) is 9.46. The van der Waals surface area contributed by atoms with Gasteiger partial charge in [0.1, 0.15) is 0 Å². The van der Waals surface area contributed by atoms with E-state index in [0.29, 0.717) is 13.1 Å². The number of benzene rings is 1. The molecule has 1 atom stereocenters. The van der Waals surface area contributed by atoms with Crippen molar-refractivity contribution in [3.8, 4) is 0 Å². The minimum absolute atomic E-state index is 0.171. The highest BCUT2D eigenvalue weighted by molar-refractivity contribution is 5.33. The molecular formula is C13H20N2O2. The number of nitrogens with zero attached hydrogens (tertiary/aromatic N) is 1. The fourth-order valence-electron chi connectivity index (χ4n) is 2.30. The standard InChI is InChI=1S/C13H20N2O2/c14-6-10-1-2-12-7-15(8-13(17)9-16)4-3-11(12)5-10/h1-2,5,13,16-17H,3-4,6-9,14H2. The molecule has 0 saturated carbocycles. The van der Waals surface area contributed by atoms with Gasteiger partial charge in [-0.3, -0.25) is 4.90 Å². The number of rotatable bonds is 4. The van der Waals surface area contributed by atoms with Crippen LogP contribution < -0.4 is 5.73 Å². The molecule has 0 aliphatic carbocycles. The van der Waals surface area contributed by atoms with E-state index in [4.69, 9.17) is 10.8 Å². The van der Waals surface area contributed by atoms with Crippen LogP contribution in [0.5, 0.6) is 0 Å². The quantitative estimate of drug-likeness (QED) is 0.680. The van der Waals surface area contributed by atoms with E-state index in [-0.39, 0.29) is 6.61 Å². The third-order valence-corrected chi connectivity index (χ3v) is 3.28. The summed E-state index contributed by atoms with van der Waals surface area (Å²) in [6.07, 6.45) is 0.348. The van der Waals surface area contributed by atoms with E-state index in [1.807, 2.05) is 0 Å². The Morgan fingerprint density at radius 3 is 2.88 bits per heavy atom. The highest BCUT2D eigenvalue weighted by Crippen LogP contribution is 2.20. The van der Waals surface area contributed by atoms with E-state index in [2.05, 4.69) is 23.1 Å². The third kappa shape index (κ3) is 3.04. The Morgan fingerprint density at radius 2 is 2.18 bits per heavy atom. The number of hydrogen-bond acceptors (Lipinski definition) is 4. The molecule has 4 heteroatoms. The Balaban J connectivity index is 2.04. The van der Waals surface area contributed by atoms with Crippen LogP contribution in [0.1, 0.15) is 16.7 Å². The summed E-state index contributed by atoms with van der Waals surface area (Å²) >= 11 is 0. The van der Waals surface area contributed by atoms with E-state index in [1.165, 1.54) is 16.7 Å². The van der Waals surface area contributed by atoms with E-state index >= 15 is 0 Å². The SMILES string of the molecule is NCc1ccc2c(c1)CCN(CC(O)CO)C2. The normalized spacial score (nSPS) is 17.8. The monoisotopic (exact) mass is 236 g/mol. The van der Waals surface area contributed by atoms with Gasteiger partial charge in [0.25, 0.3) is 0 Å². The lowest BCUT2D eigenvalue weighted by Crippen LogP contribution is -2.37. The number of β-amino-alcohol motifs (C(OH)–C–C–N with tert-alkyl or cyclic N) is 1. The van der Waals surface area contributed by atoms with Crippen molar-refractivity contribution < 1.29 is 10.2 Å². The lowest BCUT2D eigenvalue weighted by molar-refractivity contribution is 0.0551. The van der Waals surface area contributed by atoms with Crippen LogP contribution >= 0.6 is 0 Å². The molecule has 0 spiro atoms. The van der Waals surface area contributed by atoms with Crippen molar-refractivity contribution in [2.24, 2.45) is 5.73 Å². The van der Waals surface area contributed by atoms with Crippen LogP contribution in [0.2, 0.25) is 0 Å². The van der Waals surface area contributed by atoms with Crippen LogP contribution in [0.3, 0.4) is 0 Å². The Kier molecular flexibility index (Phi) is 4.12. The number of fused-ring (bicyclic) bond motifs is 1. The van der Waals surface area contributed by atoms with E-state index in [9.17, 15) is 5.11 Å². The molecule has 0 aromatic heterocycles. The number of hydrogen-bond donors (Lipinski definition) is 3. The summed E-state index contributed by atoms with van der Waals surface area (Å²) in [4.78, 5) is 2.17. The van der Waals surface area contributed by atoms with Gasteiger partial charge in [-0.05, 0) is 23.1 Å². The summed E-state index contributed by atoms with van der Waals surface area (Å²) in [6, 6.07) is 6.36. The molecule has 4 N–H and O–H groups in total. The molecule has 2 rings (SSSR count). The minimum atomic E-state index is -0.639. The Labute approximate surface area is 102 Å². The molecule has 1 heterocycles. The Hall–Kier alpha value is -0.940. The van der Waals surface area contributed by atoms with Crippen LogP contribution in [-0.4, -0.2) is 40.9 Å². The van der Waals surface area contributed by atoms with Gasteiger partial charge in [0.05, 0.1) is 12.7 Å². The number of nitrogens with two attached hydrogens (primary N) is 1. The van der Waals surface area contributed by atoms with Crippen molar-refractivity contribution in [3.05, 3.63) is 34.9 Å². The average Bonchev–Trinajstić information content (AvgIpc) is 2.38. The highest BCUT2D eigenvalue weighted by atomic mass is 16.3. The van der Waals surface area contributed by atoms with Gasteiger partial charge >= 0.3 is 0 Å². The van der Waals surface area contributed by atoms with Crippen molar-refractivity contribution in [1.82, 2.24) is 4.90 Å². The summed E-state index contributed by atoms with van der Waals surface area (Å²) in [5, 5.41) is 18.3. The molecule has 0 radical (unpaired) electrons. The van der Waals surface area contributed by atoms with Crippen molar-refractivity contribution in [3.63, 3.8) is 0 Å². The first kappa shape index (κ1) is 12.5. The summed E-state index contributed by atoms with van der Waals surface area (Å²) in [7, 11) is 0. The lowest BCUT2D eigenvalue weighted by atomic mass is 9.97. The van der Waals surface area contributed by atoms with Gasteiger partial charge in [-0.15, -0.1) is 0 Å². The van der Waals surface area contributed by atoms with Gasteiger partial charge in [0.15, 0.2) is 0 Å². The zero-order valence-corrected chi connectivity index (χ0v) is 9.97. The zero-order chi connectivity index (χ0) is 12.3. The second kappa shape index (κ2) is 5.60. The molecule has 17 heavy (non-hydrogen) atoms. The molecule has 0 saturated heterocycles. The van der Waals surface area contributed by atoms with Crippen LogP contribution in [0.4, 0.5) is 0 Å². The first-order chi connectivity index (χ1) is 8.22. The van der Waals surface area contributed by atoms with Crippen LogP contribution in [0.15, 0.2) is 18.2 Å². The molecule has 1 aliphatic heterocycles. The maximum absolute atomic E-state index is 9.43. The first-order valence-corrected chi connectivity index (χ1v) is 6.05. The van der Waals surface area contributed by atoms with Crippen molar-refractivity contribution in [1.29, 1.82) is 0 Å². The van der Waals surface area contributed by atoms with Crippen molar-refractivity contribution in [2.75, 3.05) is 19.7 Å². The molecule has 1 aromatic rings. The zero-order valence-electron chi connectivity index (χ0n) is 9.97. The van der Waals surface area contributed by atoms with Crippen LogP contribution in [0.25, 0.3) is 0 Å². The molecule has 4 nitrogen and oxygen atoms in total. The summed E-state index contributed by atoms with van der Waals surface area (Å²) in [5.74, 6) is 0. The van der Waals surface area contributed by atoms with Crippen molar-refractivity contribution >= 4 is 0 Å². The maximum Gasteiger partial charge on any atom is 0.0897 e. The Bertz CT molecular complexity index is 382. The third-order valence-electron chi connectivity index (χ3n) is 3.28. The lowest BCUT2D eigenvalue weighted by Gasteiger charge is -2.30. The second-order valence-corrected chi connectivity index (χ2v) is 4.63.